The average molecular weight is 615 g/mol. The Labute approximate surface area is 260 Å². The third-order valence-corrected chi connectivity index (χ3v) is 6.89. The number of nitrogens with one attached hydrogen (secondary N) is 2. The maximum Gasteiger partial charge on any atom is 0.271 e. The molecule has 0 bridgehead atoms. The van der Waals surface area contributed by atoms with Gasteiger partial charge in [-0.3, -0.25) is 25.4 Å². The number of ether oxygens (including phenoxy) is 4. The van der Waals surface area contributed by atoms with Crippen LogP contribution in [0.3, 0.4) is 0 Å². The zero-order valence-corrected chi connectivity index (χ0v) is 25.1. The van der Waals surface area contributed by atoms with Gasteiger partial charge >= 0.3 is 0 Å². The molecule has 234 valence electrons. The lowest BCUT2D eigenvalue weighted by molar-refractivity contribution is -0.384. The van der Waals surface area contributed by atoms with Crippen molar-refractivity contribution in [1.29, 1.82) is 0 Å². The van der Waals surface area contributed by atoms with Crippen molar-refractivity contribution in [1.82, 2.24) is 0 Å². The van der Waals surface area contributed by atoms with Crippen LogP contribution in [-0.4, -0.2) is 44.3 Å². The maximum absolute atomic E-state index is 13.6. The Morgan fingerprint density at radius 2 is 1.47 bits per heavy atom. The first-order valence-corrected chi connectivity index (χ1v) is 14.0. The summed E-state index contributed by atoms with van der Waals surface area (Å²) in [6.45, 7) is 0. The van der Waals surface area contributed by atoms with Crippen molar-refractivity contribution in [2.24, 2.45) is 5.73 Å². The van der Waals surface area contributed by atoms with Crippen molar-refractivity contribution in [2.75, 3.05) is 32.0 Å². The lowest BCUT2D eigenvalue weighted by Gasteiger charge is -2.19. The molecule has 0 heterocycles. The highest BCUT2D eigenvalue weighted by molar-refractivity contribution is 6.13. The van der Waals surface area contributed by atoms with Crippen LogP contribution in [0.5, 0.6) is 23.0 Å². The van der Waals surface area contributed by atoms with E-state index < -0.39 is 23.0 Å². The molecule has 0 radical (unpaired) electrons. The van der Waals surface area contributed by atoms with Gasteiger partial charge in [0.15, 0.2) is 0 Å². The Hall–Kier alpha value is -5.62. The number of hydrogen-bond acceptors (Lipinski definition) is 9. The smallest absolute Gasteiger partial charge is 0.271 e. The van der Waals surface area contributed by atoms with E-state index in [9.17, 15) is 19.7 Å². The summed E-state index contributed by atoms with van der Waals surface area (Å²) in [5.41, 5.74) is 7.52. The lowest BCUT2D eigenvalue weighted by atomic mass is 10.1. The van der Waals surface area contributed by atoms with Gasteiger partial charge in [0.05, 0.1) is 43.1 Å². The third-order valence-electron chi connectivity index (χ3n) is 6.89. The fourth-order valence-electron chi connectivity index (χ4n) is 4.55. The van der Waals surface area contributed by atoms with Crippen molar-refractivity contribution < 1.29 is 33.5 Å². The first-order chi connectivity index (χ1) is 21.7. The van der Waals surface area contributed by atoms with E-state index in [0.717, 1.165) is 17.4 Å². The van der Waals surface area contributed by atoms with Gasteiger partial charge < -0.3 is 29.6 Å². The molecule has 12 heteroatoms. The number of hydrogen-bond donors (Lipinski definition) is 3. The number of anilines is 2. The van der Waals surface area contributed by atoms with Crippen molar-refractivity contribution >= 4 is 28.9 Å². The standard InChI is InChI=1S/C33H34N4O8/c1-42-24-14-11-22(12-15-24)35-32(38)26-17-13-23(37(40)41)19-28(26)36-33(39)27-18-16-25(43-2)20-30(27)45-31(34)10-6-8-21-7-4-5-9-29(21)44-3/h4-5,7,9,11-20,31H,6,8,10,34H2,1-3H3,(H,35,38)(H,36,39). The number of nitrogens with two attached hydrogens (primary N) is 1. The lowest BCUT2D eigenvalue weighted by Crippen LogP contribution is -2.28. The minimum Gasteiger partial charge on any atom is -0.497 e. The molecule has 4 aromatic rings. The number of nitrogens with zero attached hydrogens (tertiary/aromatic N) is 1. The van der Waals surface area contributed by atoms with Crippen LogP contribution in [0.4, 0.5) is 17.1 Å². The number of nitro groups is 1. The normalized spacial score (nSPS) is 11.2. The van der Waals surface area contributed by atoms with E-state index in [4.69, 9.17) is 24.7 Å². The number of amides is 2. The molecule has 0 saturated carbocycles. The van der Waals surface area contributed by atoms with Gasteiger partial charge in [-0.15, -0.1) is 0 Å². The molecular formula is C33H34N4O8. The van der Waals surface area contributed by atoms with E-state index in [-0.39, 0.29) is 28.3 Å². The molecule has 4 N–H and O–H groups in total. The molecule has 4 aromatic carbocycles. The third kappa shape index (κ3) is 8.48. The van der Waals surface area contributed by atoms with E-state index in [1.54, 1.807) is 37.4 Å². The number of para-hydroxylation sites is 1. The summed E-state index contributed by atoms with van der Waals surface area (Å²) in [7, 11) is 4.62. The molecule has 0 aromatic heterocycles. The van der Waals surface area contributed by atoms with Crippen LogP contribution in [0, 0.1) is 10.1 Å². The summed E-state index contributed by atoms with van der Waals surface area (Å²) in [6, 6.07) is 22.5. The molecule has 0 saturated heterocycles. The zero-order chi connectivity index (χ0) is 32.3. The first kappa shape index (κ1) is 32.3. The number of carbonyl (C=O) groups is 2. The van der Waals surface area contributed by atoms with Gasteiger partial charge in [0.1, 0.15) is 29.2 Å². The Morgan fingerprint density at radius 3 is 2.16 bits per heavy atom. The number of methoxy groups -OCH3 is 3. The van der Waals surface area contributed by atoms with Crippen LogP contribution < -0.4 is 35.3 Å². The highest BCUT2D eigenvalue weighted by Crippen LogP contribution is 2.30. The molecule has 12 nitrogen and oxygen atoms in total. The summed E-state index contributed by atoms with van der Waals surface area (Å²) < 4.78 is 21.9. The highest BCUT2D eigenvalue weighted by atomic mass is 16.6. The number of carbonyl (C=O) groups excluding carboxylic acids is 2. The minimum absolute atomic E-state index is 0.00814. The van der Waals surface area contributed by atoms with Crippen LogP contribution >= 0.6 is 0 Å². The molecule has 4 rings (SSSR count). The maximum atomic E-state index is 13.6. The Bertz CT molecular complexity index is 1660. The molecule has 0 aliphatic carbocycles. The van der Waals surface area contributed by atoms with Gasteiger partial charge in [0.25, 0.3) is 17.5 Å². The van der Waals surface area contributed by atoms with Crippen LogP contribution in [0.25, 0.3) is 0 Å². The van der Waals surface area contributed by atoms with Gasteiger partial charge in [0.2, 0.25) is 0 Å². The molecular weight excluding hydrogens is 580 g/mol. The van der Waals surface area contributed by atoms with E-state index in [1.165, 1.54) is 38.5 Å². The van der Waals surface area contributed by atoms with Gasteiger partial charge in [0, 0.05) is 23.9 Å². The number of rotatable bonds is 14. The minimum atomic E-state index is -0.762. The average Bonchev–Trinajstić information content (AvgIpc) is 3.05. The Balaban J connectivity index is 1.53. The molecule has 2 amide bonds. The number of non-ortho nitro benzene ring substituents is 1. The first-order valence-electron chi connectivity index (χ1n) is 14.0. The second kappa shape index (κ2) is 15.2. The van der Waals surface area contributed by atoms with Gasteiger partial charge in [-0.25, -0.2) is 0 Å². The molecule has 0 spiro atoms. The van der Waals surface area contributed by atoms with Gasteiger partial charge in [-0.1, -0.05) is 18.2 Å². The zero-order valence-electron chi connectivity index (χ0n) is 25.1. The molecule has 0 aliphatic rings. The fourth-order valence-corrected chi connectivity index (χ4v) is 4.55. The van der Waals surface area contributed by atoms with Crippen LogP contribution in [0.1, 0.15) is 39.1 Å². The second-order valence-corrected chi connectivity index (χ2v) is 9.85. The summed E-state index contributed by atoms with van der Waals surface area (Å²) in [5, 5.41) is 16.9. The predicted octanol–water partition coefficient (Wildman–Crippen LogP) is 5.81. The van der Waals surface area contributed by atoms with E-state index in [1.807, 2.05) is 24.3 Å². The van der Waals surface area contributed by atoms with E-state index >= 15 is 0 Å². The molecule has 0 aliphatic heterocycles. The topological polar surface area (TPSA) is 164 Å². The van der Waals surface area contributed by atoms with Crippen molar-refractivity contribution in [3.8, 4) is 23.0 Å². The highest BCUT2D eigenvalue weighted by Gasteiger charge is 2.22. The molecule has 1 atom stereocenters. The monoisotopic (exact) mass is 614 g/mol. The Kier molecular flexibility index (Phi) is 10.9. The summed E-state index contributed by atoms with van der Waals surface area (Å²) in [4.78, 5) is 37.7. The summed E-state index contributed by atoms with van der Waals surface area (Å²) >= 11 is 0. The van der Waals surface area contributed by atoms with Crippen molar-refractivity contribution in [2.45, 2.75) is 25.5 Å². The molecule has 0 fully saturated rings. The quantitative estimate of drug-likeness (QED) is 0.0903. The van der Waals surface area contributed by atoms with Crippen LogP contribution in [-0.2, 0) is 6.42 Å². The van der Waals surface area contributed by atoms with Gasteiger partial charge in [-0.2, -0.15) is 0 Å². The summed E-state index contributed by atoms with van der Waals surface area (Å²) in [6.07, 6.45) is 1.10. The predicted molar refractivity (Wildman–Crippen MR) is 170 cm³/mol. The summed E-state index contributed by atoms with van der Waals surface area (Å²) in [5.74, 6) is 0.701. The molecule has 45 heavy (non-hydrogen) atoms. The largest absolute Gasteiger partial charge is 0.497 e. The van der Waals surface area contributed by atoms with E-state index in [0.29, 0.717) is 36.4 Å². The fraction of sp³-hybridized carbons (Fsp3) is 0.212. The Morgan fingerprint density at radius 1 is 0.800 bits per heavy atom. The van der Waals surface area contributed by atoms with Crippen molar-refractivity contribution in [3.63, 3.8) is 0 Å². The molecule has 1 unspecified atom stereocenters. The van der Waals surface area contributed by atoms with E-state index in [2.05, 4.69) is 10.6 Å². The van der Waals surface area contributed by atoms with Crippen LogP contribution in [0.2, 0.25) is 0 Å². The van der Waals surface area contributed by atoms with Crippen molar-refractivity contribution in [3.05, 3.63) is 112 Å². The second-order valence-electron chi connectivity index (χ2n) is 9.85. The SMILES string of the molecule is COc1ccc(NC(=O)c2ccc([N+](=O)[O-])cc2NC(=O)c2ccc(OC)cc2OC(N)CCCc2ccccc2OC)cc1. The number of nitro benzene ring substituents is 1. The van der Waals surface area contributed by atoms with Gasteiger partial charge in [-0.05, 0) is 73.4 Å². The number of benzene rings is 4. The number of aryl methyl sites for hydroxylation is 1. The van der Waals surface area contributed by atoms with Crippen LogP contribution in [0.15, 0.2) is 84.9 Å².